The average molecular weight is 1010 g/mol. The van der Waals surface area contributed by atoms with Crippen LogP contribution in [-0.4, -0.2) is 47.4 Å². The van der Waals surface area contributed by atoms with Crippen molar-refractivity contribution in [2.45, 2.75) is 373 Å². The third-order valence-corrected chi connectivity index (χ3v) is 15.2. The lowest BCUT2D eigenvalue weighted by molar-refractivity contribution is -0.143. The third-order valence-electron chi connectivity index (χ3n) is 15.2. The summed E-state index contributed by atoms with van der Waals surface area (Å²) in [6.07, 6.45) is 76.3. The molecule has 0 aliphatic heterocycles. The summed E-state index contributed by atoms with van der Waals surface area (Å²) < 4.78 is 5.50. The SMILES string of the molecule is CCCCCCCC/C=C\CCCCCCCCCCCC(=O)OCCCCCCCCCCCCCC/C=C\CCCCCCCCCCC(=O)NC(CO)C(O)CCCCCCCCCCCCCC. The highest BCUT2D eigenvalue weighted by Gasteiger charge is 2.20. The van der Waals surface area contributed by atoms with Crippen LogP contribution in [0.1, 0.15) is 361 Å². The van der Waals surface area contributed by atoms with E-state index in [1.54, 1.807) is 0 Å². The molecule has 0 aromatic heterocycles. The number of esters is 1. The lowest BCUT2D eigenvalue weighted by atomic mass is 10.0. The lowest BCUT2D eigenvalue weighted by Crippen LogP contribution is -2.45. The number of unbranched alkanes of at least 4 members (excludes halogenated alkanes) is 46. The smallest absolute Gasteiger partial charge is 0.305 e. The molecule has 1 amide bonds. The number of allylic oxidation sites excluding steroid dienone is 4. The summed E-state index contributed by atoms with van der Waals surface area (Å²) >= 11 is 0. The van der Waals surface area contributed by atoms with Gasteiger partial charge in [-0.15, -0.1) is 0 Å². The van der Waals surface area contributed by atoms with Crippen LogP contribution in [-0.2, 0) is 14.3 Å². The van der Waals surface area contributed by atoms with Crippen molar-refractivity contribution in [2.75, 3.05) is 13.2 Å². The number of ether oxygens (including phenoxy) is 1. The van der Waals surface area contributed by atoms with Crippen molar-refractivity contribution in [1.82, 2.24) is 5.32 Å². The number of carbonyl (C=O) groups excluding carboxylic acids is 2. The van der Waals surface area contributed by atoms with E-state index in [0.717, 1.165) is 44.9 Å². The minimum Gasteiger partial charge on any atom is -0.466 e. The number of nitrogens with one attached hydrogen (secondary N) is 1. The summed E-state index contributed by atoms with van der Waals surface area (Å²) in [4.78, 5) is 24.6. The Bertz CT molecular complexity index is 1120. The average Bonchev–Trinajstić information content (AvgIpc) is 3.38. The fourth-order valence-electron chi connectivity index (χ4n) is 10.2. The molecule has 0 aliphatic carbocycles. The van der Waals surface area contributed by atoms with Gasteiger partial charge in [-0.1, -0.05) is 295 Å². The highest BCUT2D eigenvalue weighted by Crippen LogP contribution is 2.18. The van der Waals surface area contributed by atoms with Gasteiger partial charge in [0.2, 0.25) is 5.91 Å². The zero-order chi connectivity index (χ0) is 52.2. The van der Waals surface area contributed by atoms with E-state index in [0.29, 0.717) is 25.9 Å². The molecule has 0 fully saturated rings. The van der Waals surface area contributed by atoms with E-state index in [-0.39, 0.29) is 18.5 Å². The van der Waals surface area contributed by atoms with Crippen LogP contribution in [0, 0.1) is 0 Å². The maximum absolute atomic E-state index is 12.5. The Balaban J connectivity index is 3.37. The number of hydrogen-bond donors (Lipinski definition) is 3. The predicted octanol–water partition coefficient (Wildman–Crippen LogP) is 20.6. The Kier molecular flexibility index (Phi) is 60.5. The summed E-state index contributed by atoms with van der Waals surface area (Å²) in [6.45, 7) is 4.96. The monoisotopic (exact) mass is 1010 g/mol. The topological polar surface area (TPSA) is 95.9 Å². The maximum atomic E-state index is 12.5. The molecule has 0 rings (SSSR count). The van der Waals surface area contributed by atoms with Crippen LogP contribution in [0.3, 0.4) is 0 Å². The molecule has 0 saturated heterocycles. The van der Waals surface area contributed by atoms with Crippen molar-refractivity contribution in [1.29, 1.82) is 0 Å². The van der Waals surface area contributed by atoms with E-state index in [9.17, 15) is 19.8 Å². The van der Waals surface area contributed by atoms with Crippen LogP contribution in [0.4, 0.5) is 0 Å². The molecule has 0 aromatic rings. The third kappa shape index (κ3) is 57.6. The second kappa shape index (κ2) is 61.9. The Labute approximate surface area is 450 Å². The molecule has 0 spiro atoms. The summed E-state index contributed by atoms with van der Waals surface area (Å²) in [5, 5.41) is 23.2. The lowest BCUT2D eigenvalue weighted by Gasteiger charge is -2.22. The molecule has 3 N–H and O–H groups in total. The van der Waals surface area contributed by atoms with E-state index in [2.05, 4.69) is 43.5 Å². The normalized spacial score (nSPS) is 12.7. The summed E-state index contributed by atoms with van der Waals surface area (Å²) in [6, 6.07) is -0.543. The Morgan fingerprint density at radius 1 is 0.375 bits per heavy atom. The minimum absolute atomic E-state index is 0.0126. The predicted molar refractivity (Wildman–Crippen MR) is 315 cm³/mol. The van der Waals surface area contributed by atoms with Crippen LogP contribution >= 0.6 is 0 Å². The van der Waals surface area contributed by atoms with Crippen molar-refractivity contribution < 1.29 is 24.5 Å². The molecular formula is C66H127NO5. The van der Waals surface area contributed by atoms with E-state index in [1.807, 2.05) is 0 Å². The van der Waals surface area contributed by atoms with Crippen molar-refractivity contribution in [3.8, 4) is 0 Å². The van der Waals surface area contributed by atoms with Crippen LogP contribution in [0.5, 0.6) is 0 Å². The zero-order valence-electron chi connectivity index (χ0n) is 48.7. The summed E-state index contributed by atoms with van der Waals surface area (Å²) in [7, 11) is 0. The van der Waals surface area contributed by atoms with Gasteiger partial charge in [0.25, 0.3) is 0 Å². The number of hydrogen-bond acceptors (Lipinski definition) is 5. The fourth-order valence-corrected chi connectivity index (χ4v) is 10.2. The zero-order valence-corrected chi connectivity index (χ0v) is 48.7. The van der Waals surface area contributed by atoms with Gasteiger partial charge in [-0.2, -0.15) is 0 Å². The molecule has 0 radical (unpaired) electrons. The van der Waals surface area contributed by atoms with Crippen molar-refractivity contribution in [3.63, 3.8) is 0 Å². The number of aliphatic hydroxyl groups is 2. The van der Waals surface area contributed by atoms with Crippen molar-refractivity contribution >= 4 is 11.9 Å². The minimum atomic E-state index is -0.666. The van der Waals surface area contributed by atoms with Gasteiger partial charge < -0.3 is 20.3 Å². The highest BCUT2D eigenvalue weighted by molar-refractivity contribution is 5.76. The molecule has 426 valence electrons. The molecule has 0 heterocycles. The second-order valence-electron chi connectivity index (χ2n) is 22.4. The van der Waals surface area contributed by atoms with Gasteiger partial charge in [-0.05, 0) is 77.0 Å². The van der Waals surface area contributed by atoms with E-state index >= 15 is 0 Å². The first kappa shape index (κ1) is 70.3. The highest BCUT2D eigenvalue weighted by atomic mass is 16.5. The molecule has 0 aromatic carbocycles. The van der Waals surface area contributed by atoms with Gasteiger partial charge in [0, 0.05) is 12.8 Å². The number of aliphatic hydroxyl groups excluding tert-OH is 2. The van der Waals surface area contributed by atoms with Crippen molar-refractivity contribution in [3.05, 3.63) is 24.3 Å². The van der Waals surface area contributed by atoms with Gasteiger partial charge in [0.15, 0.2) is 0 Å². The van der Waals surface area contributed by atoms with Crippen LogP contribution in [0.15, 0.2) is 24.3 Å². The molecule has 0 aliphatic rings. The van der Waals surface area contributed by atoms with Gasteiger partial charge >= 0.3 is 5.97 Å². The fraction of sp³-hybridized carbons (Fsp3) is 0.909. The maximum Gasteiger partial charge on any atom is 0.305 e. The number of carbonyl (C=O) groups is 2. The van der Waals surface area contributed by atoms with Gasteiger partial charge in [0.05, 0.1) is 25.4 Å². The molecule has 0 bridgehead atoms. The largest absolute Gasteiger partial charge is 0.466 e. The molecule has 6 nitrogen and oxygen atoms in total. The molecule has 2 atom stereocenters. The molecule has 0 saturated carbocycles. The Hall–Kier alpha value is -1.66. The van der Waals surface area contributed by atoms with E-state index in [4.69, 9.17) is 4.74 Å². The molecular weight excluding hydrogens is 887 g/mol. The van der Waals surface area contributed by atoms with Gasteiger partial charge in [-0.3, -0.25) is 9.59 Å². The first-order chi connectivity index (χ1) is 35.5. The standard InChI is InChI=1S/C66H127NO5/c1-3-5-7-9-11-13-15-17-18-19-26-30-33-36-40-44-48-52-56-60-66(71)72-61-57-53-49-45-41-37-34-31-28-25-23-21-20-22-24-27-29-32-35-39-43-47-51-55-59-65(70)67-63(62-68)64(69)58-54-50-46-42-38-16-14-12-10-8-6-4-2/h17-18,22,24,63-64,68-69H,3-16,19-21,23,25-62H2,1-2H3,(H,67,70)/b18-17-,24-22-. The van der Waals surface area contributed by atoms with Crippen molar-refractivity contribution in [2.24, 2.45) is 0 Å². The summed E-state index contributed by atoms with van der Waals surface area (Å²) in [5.41, 5.74) is 0. The van der Waals surface area contributed by atoms with Crippen LogP contribution in [0.25, 0.3) is 0 Å². The molecule has 2 unspecified atom stereocenters. The summed E-state index contributed by atoms with van der Waals surface area (Å²) in [5.74, 6) is -0.0262. The van der Waals surface area contributed by atoms with Gasteiger partial charge in [-0.25, -0.2) is 0 Å². The van der Waals surface area contributed by atoms with E-state index < -0.39 is 12.1 Å². The molecule has 6 heteroatoms. The quantitative estimate of drug-likeness (QED) is 0.0320. The Morgan fingerprint density at radius 3 is 0.986 bits per heavy atom. The van der Waals surface area contributed by atoms with Crippen LogP contribution in [0.2, 0.25) is 0 Å². The Morgan fingerprint density at radius 2 is 0.653 bits per heavy atom. The number of amides is 1. The first-order valence-electron chi connectivity index (χ1n) is 32.6. The molecule has 72 heavy (non-hydrogen) atoms. The van der Waals surface area contributed by atoms with E-state index in [1.165, 1.54) is 283 Å². The van der Waals surface area contributed by atoms with Crippen LogP contribution < -0.4 is 5.32 Å². The van der Waals surface area contributed by atoms with Gasteiger partial charge in [0.1, 0.15) is 0 Å². The second-order valence-corrected chi connectivity index (χ2v) is 22.4. The first-order valence-corrected chi connectivity index (χ1v) is 32.6. The number of rotatable bonds is 61.